The van der Waals surface area contributed by atoms with E-state index in [9.17, 15) is 19.5 Å². The minimum absolute atomic E-state index is 0.0972. The molecule has 1 fully saturated rings. The van der Waals surface area contributed by atoms with Gasteiger partial charge in [-0.15, -0.1) is 6.42 Å². The highest BCUT2D eigenvalue weighted by Crippen LogP contribution is 2.38. The van der Waals surface area contributed by atoms with Crippen molar-refractivity contribution in [2.75, 3.05) is 7.11 Å². The molecule has 1 aliphatic heterocycles. The fourth-order valence-electron chi connectivity index (χ4n) is 3.95. The minimum atomic E-state index is -1.22. The van der Waals surface area contributed by atoms with Crippen LogP contribution in [0.15, 0.2) is 0 Å². The molecule has 200 valence electrons. The van der Waals surface area contributed by atoms with Crippen molar-refractivity contribution in [2.45, 2.75) is 117 Å². The van der Waals surface area contributed by atoms with Gasteiger partial charge in [0.05, 0.1) is 6.10 Å². The van der Waals surface area contributed by atoms with Crippen molar-refractivity contribution in [2.24, 2.45) is 5.92 Å². The zero-order valence-corrected chi connectivity index (χ0v) is 22.4. The molecule has 10 nitrogen and oxygen atoms in total. The summed E-state index contributed by atoms with van der Waals surface area (Å²) < 4.78 is 22.3. The van der Waals surface area contributed by atoms with Crippen LogP contribution in [0.4, 0.5) is 4.79 Å². The van der Waals surface area contributed by atoms with Crippen LogP contribution >= 0.6 is 0 Å². The van der Waals surface area contributed by atoms with Crippen molar-refractivity contribution in [3.63, 3.8) is 0 Å². The van der Waals surface area contributed by atoms with Crippen LogP contribution in [0.3, 0.4) is 0 Å². The van der Waals surface area contributed by atoms with Gasteiger partial charge in [-0.2, -0.15) is 0 Å². The Hall–Kier alpha value is -2.35. The van der Waals surface area contributed by atoms with Crippen LogP contribution in [0, 0.1) is 18.3 Å². The zero-order chi connectivity index (χ0) is 27.1. The summed E-state index contributed by atoms with van der Waals surface area (Å²) in [5.41, 5.74) is -1.61. The Morgan fingerprint density at radius 1 is 1.14 bits per heavy atom. The first-order valence-electron chi connectivity index (χ1n) is 11.9. The molecule has 35 heavy (non-hydrogen) atoms. The minimum Gasteiger partial charge on any atom is -0.458 e. The Kier molecular flexibility index (Phi) is 11.0. The van der Waals surface area contributed by atoms with Crippen molar-refractivity contribution in [1.82, 2.24) is 10.2 Å². The van der Waals surface area contributed by atoms with Crippen LogP contribution in [0.2, 0.25) is 0 Å². The Labute approximate surface area is 209 Å². The van der Waals surface area contributed by atoms with Gasteiger partial charge >= 0.3 is 12.1 Å². The fourth-order valence-corrected chi connectivity index (χ4v) is 3.95. The third-order valence-electron chi connectivity index (χ3n) is 5.35. The van der Waals surface area contributed by atoms with Gasteiger partial charge < -0.3 is 29.4 Å². The Balaban J connectivity index is 3.39. The predicted octanol–water partition coefficient (Wildman–Crippen LogP) is 2.57. The number of hydrogen-bond acceptors (Lipinski definition) is 8. The van der Waals surface area contributed by atoms with E-state index >= 15 is 0 Å². The maximum atomic E-state index is 13.3. The van der Waals surface area contributed by atoms with Gasteiger partial charge in [0.2, 0.25) is 12.3 Å². The average molecular weight is 499 g/mol. The van der Waals surface area contributed by atoms with Crippen molar-refractivity contribution in [3.8, 4) is 12.3 Å². The smallest absolute Gasteiger partial charge is 0.411 e. The number of terminal acetylenes is 1. The second kappa shape index (κ2) is 12.6. The predicted molar refractivity (Wildman–Crippen MR) is 129 cm³/mol. The zero-order valence-electron chi connectivity index (χ0n) is 22.4. The van der Waals surface area contributed by atoms with Crippen molar-refractivity contribution >= 4 is 18.0 Å². The quantitative estimate of drug-likeness (QED) is 0.282. The molecule has 0 aromatic carbocycles. The van der Waals surface area contributed by atoms with Crippen molar-refractivity contribution in [3.05, 3.63) is 0 Å². The highest BCUT2D eigenvalue weighted by molar-refractivity contribution is 5.83. The summed E-state index contributed by atoms with van der Waals surface area (Å²) in [5.74, 6) is 0.741. The van der Waals surface area contributed by atoms with E-state index in [-0.39, 0.29) is 18.7 Å². The number of ether oxygens (including phenoxy) is 4. The molecule has 2 amide bonds. The molecule has 6 atom stereocenters. The Morgan fingerprint density at radius 3 is 2.14 bits per heavy atom. The van der Waals surface area contributed by atoms with E-state index in [1.165, 1.54) is 18.9 Å². The molecule has 1 unspecified atom stereocenters. The fraction of sp³-hybridized carbons (Fsp3) is 0.800. The van der Waals surface area contributed by atoms with Crippen LogP contribution in [0.5, 0.6) is 0 Å². The number of likely N-dealkylation sites (tertiary alicyclic amines) is 1. The van der Waals surface area contributed by atoms with Crippen LogP contribution in [-0.4, -0.2) is 77.0 Å². The van der Waals surface area contributed by atoms with Gasteiger partial charge in [-0.05, 0) is 60.8 Å². The number of rotatable bonds is 9. The third kappa shape index (κ3) is 9.67. The summed E-state index contributed by atoms with van der Waals surface area (Å²) in [5, 5.41) is 13.2. The van der Waals surface area contributed by atoms with E-state index in [1.54, 1.807) is 41.5 Å². The summed E-state index contributed by atoms with van der Waals surface area (Å²) in [7, 11) is 1.39. The second-order valence-corrected chi connectivity index (χ2v) is 10.7. The van der Waals surface area contributed by atoms with E-state index in [1.807, 2.05) is 6.92 Å². The van der Waals surface area contributed by atoms with Gasteiger partial charge in [-0.1, -0.05) is 12.8 Å². The molecule has 0 aromatic rings. The summed E-state index contributed by atoms with van der Waals surface area (Å²) in [6.45, 7) is 13.6. The number of nitrogens with zero attached hydrogens (tertiary/aromatic N) is 1. The van der Waals surface area contributed by atoms with E-state index in [4.69, 9.17) is 25.4 Å². The average Bonchev–Trinajstić information content (AvgIpc) is 3.08. The molecular formula is C25H42N2O8. The molecule has 0 radical (unpaired) electrons. The molecule has 0 bridgehead atoms. The Morgan fingerprint density at radius 2 is 1.71 bits per heavy atom. The lowest BCUT2D eigenvalue weighted by molar-refractivity contribution is -0.182. The number of carbonyl (C=O) groups excluding carboxylic acids is 3. The first kappa shape index (κ1) is 30.7. The summed E-state index contributed by atoms with van der Waals surface area (Å²) in [6.07, 6.45) is 2.88. The van der Waals surface area contributed by atoms with Crippen molar-refractivity contribution in [1.29, 1.82) is 0 Å². The van der Waals surface area contributed by atoms with E-state index in [0.717, 1.165) is 0 Å². The van der Waals surface area contributed by atoms with Gasteiger partial charge in [0.15, 0.2) is 0 Å². The molecule has 1 heterocycles. The highest BCUT2D eigenvalue weighted by atomic mass is 16.7. The molecule has 0 aromatic heterocycles. The maximum absolute atomic E-state index is 13.3. The van der Waals surface area contributed by atoms with Gasteiger partial charge in [-0.3, -0.25) is 9.69 Å². The molecule has 1 rings (SSSR count). The number of nitrogens with one attached hydrogen (secondary N) is 1. The lowest BCUT2D eigenvalue weighted by Gasteiger charge is -2.36. The molecule has 0 aliphatic carbocycles. The molecular weight excluding hydrogens is 456 g/mol. The van der Waals surface area contributed by atoms with Crippen LogP contribution in [-0.2, 0) is 28.5 Å². The third-order valence-corrected chi connectivity index (χ3v) is 5.35. The molecule has 0 spiro atoms. The Bertz CT molecular complexity index is 780. The number of aliphatic hydroxyl groups is 1. The van der Waals surface area contributed by atoms with E-state index in [0.29, 0.717) is 6.42 Å². The normalized spacial score (nSPS) is 23.1. The summed E-state index contributed by atoms with van der Waals surface area (Å²) in [6, 6.07) is -1.71. The summed E-state index contributed by atoms with van der Waals surface area (Å²) >= 11 is 0. The van der Waals surface area contributed by atoms with Crippen LogP contribution < -0.4 is 5.32 Å². The second-order valence-electron chi connectivity index (χ2n) is 10.7. The topological polar surface area (TPSA) is 124 Å². The molecule has 1 saturated heterocycles. The van der Waals surface area contributed by atoms with E-state index < -0.39 is 59.9 Å². The van der Waals surface area contributed by atoms with Gasteiger partial charge in [0, 0.05) is 26.0 Å². The van der Waals surface area contributed by atoms with Crippen LogP contribution in [0.1, 0.15) is 74.7 Å². The highest BCUT2D eigenvalue weighted by Gasteiger charge is 2.52. The number of esters is 1. The largest absolute Gasteiger partial charge is 0.458 e. The van der Waals surface area contributed by atoms with Crippen LogP contribution in [0.25, 0.3) is 0 Å². The lowest BCUT2D eigenvalue weighted by atomic mass is 9.89. The number of hydrogen-bond donors (Lipinski definition) is 2. The monoisotopic (exact) mass is 498 g/mol. The van der Waals surface area contributed by atoms with Gasteiger partial charge in [0.25, 0.3) is 0 Å². The molecule has 1 aliphatic rings. The number of aliphatic hydroxyl groups excluding tert-OH is 1. The van der Waals surface area contributed by atoms with Gasteiger partial charge in [-0.25, -0.2) is 9.59 Å². The van der Waals surface area contributed by atoms with E-state index in [2.05, 4.69) is 11.2 Å². The molecule has 0 saturated carbocycles. The number of amides is 2. The van der Waals surface area contributed by atoms with Crippen molar-refractivity contribution < 1.29 is 38.4 Å². The number of carbonyl (C=O) groups is 3. The first-order chi connectivity index (χ1) is 16.0. The SMILES string of the molecule is C#C[C@H](O)[C@@H]1C[C@H](C(=O)OC(C)(C)C)N(C(=O)OC(C)(C)C)[C@@H]1C[C@H](CC)OC(NC(C)=O)OC. The maximum Gasteiger partial charge on any atom is 0.411 e. The first-order valence-corrected chi connectivity index (χ1v) is 11.9. The standard InChI is InChI=1S/C25H42N2O8/c1-11-16(33-22(32-10)26-15(3)28)13-18-17(20(29)12-2)14-19(21(30)34-24(4,5)6)27(18)23(31)35-25(7,8)9/h2,16-20,22,29H,11,13-14H2,1,3-10H3,(H,26,28)/t16-,17+,18+,19+,20-,22?/m0/s1. The number of methoxy groups -OCH3 is 1. The lowest BCUT2D eigenvalue weighted by Crippen LogP contribution is -2.51. The molecule has 10 heteroatoms. The van der Waals surface area contributed by atoms with Gasteiger partial charge in [0.1, 0.15) is 23.3 Å². The summed E-state index contributed by atoms with van der Waals surface area (Å²) in [4.78, 5) is 39.3. The molecule has 2 N–H and O–H groups in total.